The smallest absolute Gasteiger partial charge is 0.239 e. The Hall–Kier alpha value is -0.610. The van der Waals surface area contributed by atoms with Crippen LogP contribution in [0.4, 0.5) is 0 Å². The van der Waals surface area contributed by atoms with Crippen molar-refractivity contribution in [3.8, 4) is 0 Å². The maximum atomic E-state index is 12.8. The van der Waals surface area contributed by atoms with Crippen molar-refractivity contribution < 1.29 is 4.79 Å². The fourth-order valence-electron chi connectivity index (χ4n) is 4.01. The Kier molecular flexibility index (Phi) is 4.99. The van der Waals surface area contributed by atoms with Crippen LogP contribution >= 0.6 is 0 Å². The van der Waals surface area contributed by atoms with Crippen LogP contribution in [0.15, 0.2) is 0 Å². The summed E-state index contributed by atoms with van der Waals surface area (Å²) >= 11 is 0. The lowest BCUT2D eigenvalue weighted by molar-refractivity contribution is -0.140. The van der Waals surface area contributed by atoms with Crippen molar-refractivity contribution in [2.45, 2.75) is 59.5 Å². The van der Waals surface area contributed by atoms with E-state index < -0.39 is 0 Å². The molecule has 21 heavy (non-hydrogen) atoms. The largest absolute Gasteiger partial charge is 0.341 e. The molecule has 2 fully saturated rings. The lowest BCUT2D eigenvalue weighted by atomic mass is 9.79. The standard InChI is InChI=1S/C17H33N3O/c1-12-8-13(2)10-20(9-12)16(21)14(3)19-7-6-15(18)17(4,5)11-19/h12-15H,6-11,18H2,1-5H3. The number of carbonyl (C=O) groups excluding carboxylic acids is 1. The Morgan fingerprint density at radius 3 is 2.33 bits per heavy atom. The minimum absolute atomic E-state index is 0.0192. The van der Waals surface area contributed by atoms with Crippen LogP contribution in [0.25, 0.3) is 0 Å². The molecular formula is C17H33N3O. The van der Waals surface area contributed by atoms with Gasteiger partial charge in [-0.1, -0.05) is 27.7 Å². The molecule has 2 aliphatic heterocycles. The summed E-state index contributed by atoms with van der Waals surface area (Å²) in [5.74, 6) is 1.55. The molecule has 0 spiro atoms. The molecule has 0 aliphatic carbocycles. The van der Waals surface area contributed by atoms with E-state index in [0.717, 1.165) is 32.6 Å². The van der Waals surface area contributed by atoms with Crippen LogP contribution in [0, 0.1) is 17.3 Å². The Morgan fingerprint density at radius 2 is 1.81 bits per heavy atom. The van der Waals surface area contributed by atoms with Gasteiger partial charge in [0, 0.05) is 32.2 Å². The second-order valence-electron chi connectivity index (χ2n) is 8.22. The summed E-state index contributed by atoms with van der Waals surface area (Å²) in [5, 5.41) is 0. The molecule has 4 nitrogen and oxygen atoms in total. The van der Waals surface area contributed by atoms with E-state index >= 15 is 0 Å². The van der Waals surface area contributed by atoms with Crippen molar-refractivity contribution in [2.24, 2.45) is 23.0 Å². The van der Waals surface area contributed by atoms with Gasteiger partial charge >= 0.3 is 0 Å². The summed E-state index contributed by atoms with van der Waals surface area (Å²) in [4.78, 5) is 17.3. The highest BCUT2D eigenvalue weighted by molar-refractivity contribution is 5.81. The van der Waals surface area contributed by atoms with Gasteiger partial charge in [-0.3, -0.25) is 9.69 Å². The topological polar surface area (TPSA) is 49.6 Å². The van der Waals surface area contributed by atoms with Crippen LogP contribution in [-0.2, 0) is 4.79 Å². The van der Waals surface area contributed by atoms with Gasteiger partial charge in [0.05, 0.1) is 6.04 Å². The second-order valence-corrected chi connectivity index (χ2v) is 8.22. The van der Waals surface area contributed by atoms with Gasteiger partial charge in [-0.05, 0) is 37.0 Å². The highest BCUT2D eigenvalue weighted by Gasteiger charge is 2.38. The van der Waals surface area contributed by atoms with Crippen molar-refractivity contribution in [1.82, 2.24) is 9.80 Å². The molecule has 0 radical (unpaired) electrons. The third-order valence-electron chi connectivity index (χ3n) is 5.43. The highest BCUT2D eigenvalue weighted by atomic mass is 16.2. The van der Waals surface area contributed by atoms with E-state index in [0.29, 0.717) is 17.7 Å². The van der Waals surface area contributed by atoms with Gasteiger partial charge in [0.2, 0.25) is 5.91 Å². The number of nitrogens with zero attached hydrogens (tertiary/aromatic N) is 2. The molecule has 122 valence electrons. The fourth-order valence-corrected chi connectivity index (χ4v) is 4.01. The number of hydrogen-bond acceptors (Lipinski definition) is 3. The quantitative estimate of drug-likeness (QED) is 0.847. The van der Waals surface area contributed by atoms with Gasteiger partial charge in [-0.15, -0.1) is 0 Å². The van der Waals surface area contributed by atoms with Crippen LogP contribution in [0.3, 0.4) is 0 Å². The first-order valence-electron chi connectivity index (χ1n) is 8.49. The molecule has 4 heteroatoms. The Labute approximate surface area is 130 Å². The van der Waals surface area contributed by atoms with E-state index in [9.17, 15) is 4.79 Å². The molecule has 0 saturated carbocycles. The Balaban J connectivity index is 1.99. The SMILES string of the molecule is CC1CC(C)CN(C(=O)C(C)N2CCC(N)C(C)(C)C2)C1. The zero-order valence-corrected chi connectivity index (χ0v) is 14.4. The molecule has 2 saturated heterocycles. The summed E-state index contributed by atoms with van der Waals surface area (Å²) in [6.45, 7) is 14.7. The molecule has 0 aromatic rings. The molecule has 0 bridgehead atoms. The zero-order chi connectivity index (χ0) is 15.8. The van der Waals surface area contributed by atoms with E-state index in [1.165, 1.54) is 6.42 Å². The number of rotatable bonds is 2. The molecule has 4 unspecified atom stereocenters. The summed E-state index contributed by atoms with van der Waals surface area (Å²) < 4.78 is 0. The monoisotopic (exact) mass is 295 g/mol. The van der Waals surface area contributed by atoms with Crippen LogP contribution in [0.5, 0.6) is 0 Å². The van der Waals surface area contributed by atoms with Gasteiger partial charge in [-0.2, -0.15) is 0 Å². The summed E-state index contributed by atoms with van der Waals surface area (Å²) in [6, 6.07) is 0.223. The molecule has 2 heterocycles. The first-order chi connectivity index (χ1) is 9.70. The summed E-state index contributed by atoms with van der Waals surface area (Å²) in [6.07, 6.45) is 2.22. The predicted molar refractivity (Wildman–Crippen MR) is 86.9 cm³/mol. The first kappa shape index (κ1) is 16.8. The van der Waals surface area contributed by atoms with Crippen molar-refractivity contribution in [2.75, 3.05) is 26.2 Å². The van der Waals surface area contributed by atoms with Gasteiger partial charge in [-0.25, -0.2) is 0 Å². The maximum Gasteiger partial charge on any atom is 0.239 e. The highest BCUT2D eigenvalue weighted by Crippen LogP contribution is 2.29. The minimum atomic E-state index is -0.0192. The van der Waals surface area contributed by atoms with Crippen molar-refractivity contribution in [1.29, 1.82) is 0 Å². The average Bonchev–Trinajstić information content (AvgIpc) is 2.39. The number of hydrogen-bond donors (Lipinski definition) is 1. The molecule has 4 atom stereocenters. The van der Waals surface area contributed by atoms with E-state index in [1.807, 2.05) is 0 Å². The number of nitrogens with two attached hydrogens (primary N) is 1. The third kappa shape index (κ3) is 3.78. The number of piperidine rings is 2. The normalized spacial score (nSPS) is 35.5. The Bertz CT molecular complexity index is 372. The summed E-state index contributed by atoms with van der Waals surface area (Å²) in [7, 11) is 0. The van der Waals surface area contributed by atoms with Crippen LogP contribution in [0.2, 0.25) is 0 Å². The lowest BCUT2D eigenvalue weighted by Gasteiger charge is -2.46. The predicted octanol–water partition coefficient (Wildman–Crippen LogP) is 1.94. The third-order valence-corrected chi connectivity index (χ3v) is 5.43. The lowest BCUT2D eigenvalue weighted by Crippen LogP contribution is -2.58. The second kappa shape index (κ2) is 6.25. The molecule has 2 N–H and O–H groups in total. The van der Waals surface area contributed by atoms with Gasteiger partial charge < -0.3 is 10.6 Å². The van der Waals surface area contributed by atoms with E-state index in [4.69, 9.17) is 5.73 Å². The van der Waals surface area contributed by atoms with Crippen molar-refractivity contribution in [3.63, 3.8) is 0 Å². The van der Waals surface area contributed by atoms with Gasteiger partial charge in [0.1, 0.15) is 0 Å². The van der Waals surface area contributed by atoms with E-state index in [1.54, 1.807) is 0 Å². The van der Waals surface area contributed by atoms with E-state index in [2.05, 4.69) is 44.4 Å². The zero-order valence-electron chi connectivity index (χ0n) is 14.4. The number of carbonyl (C=O) groups is 1. The molecule has 2 aliphatic rings. The molecular weight excluding hydrogens is 262 g/mol. The fraction of sp³-hybridized carbons (Fsp3) is 0.941. The molecule has 1 amide bonds. The maximum absolute atomic E-state index is 12.8. The average molecular weight is 295 g/mol. The Morgan fingerprint density at radius 1 is 1.24 bits per heavy atom. The number of amides is 1. The van der Waals surface area contributed by atoms with Crippen molar-refractivity contribution >= 4 is 5.91 Å². The van der Waals surface area contributed by atoms with Crippen LogP contribution in [-0.4, -0.2) is 54.0 Å². The van der Waals surface area contributed by atoms with Crippen molar-refractivity contribution in [3.05, 3.63) is 0 Å². The number of likely N-dealkylation sites (tertiary alicyclic amines) is 2. The van der Waals surface area contributed by atoms with E-state index in [-0.39, 0.29) is 17.5 Å². The summed E-state index contributed by atoms with van der Waals surface area (Å²) in [5.41, 5.74) is 6.30. The molecule has 2 rings (SSSR count). The minimum Gasteiger partial charge on any atom is -0.341 e. The van der Waals surface area contributed by atoms with Gasteiger partial charge in [0.15, 0.2) is 0 Å². The van der Waals surface area contributed by atoms with Crippen LogP contribution < -0.4 is 5.73 Å². The molecule has 0 aromatic carbocycles. The molecule has 0 aromatic heterocycles. The van der Waals surface area contributed by atoms with Gasteiger partial charge in [0.25, 0.3) is 0 Å². The van der Waals surface area contributed by atoms with Crippen LogP contribution in [0.1, 0.15) is 47.5 Å². The first-order valence-corrected chi connectivity index (χ1v) is 8.49.